The maximum atomic E-state index is 2.40. The Morgan fingerprint density at radius 2 is 0.627 bits per heavy atom. The van der Waals surface area contributed by atoms with Gasteiger partial charge in [0.25, 0.3) is 0 Å². The molecule has 0 spiro atoms. The van der Waals surface area contributed by atoms with E-state index in [9.17, 15) is 0 Å². The van der Waals surface area contributed by atoms with Gasteiger partial charge in [0, 0.05) is 16.5 Å². The molecule has 0 aliphatic rings. The van der Waals surface area contributed by atoms with E-state index >= 15 is 0 Å². The SMILES string of the molecule is Cc1cc2c(-c3ccc(-c4ccccc4)cc3)c3ccccc3c(-c3ccc(-c4ccc(-c5ccc6c(c5)c5ccccc5n6-c5ccccc5)cc4)cc3)c2cc1C. The lowest BCUT2D eigenvalue weighted by atomic mass is 9.84. The fourth-order valence-corrected chi connectivity index (χ4v) is 9.21. The van der Waals surface area contributed by atoms with Gasteiger partial charge in [-0.25, -0.2) is 0 Å². The Kier molecular flexibility index (Phi) is 8.34. The van der Waals surface area contributed by atoms with Gasteiger partial charge in [0.15, 0.2) is 0 Å². The molecular formula is C58H41N. The number of nitrogens with zero attached hydrogens (tertiary/aromatic N) is 1. The number of aromatic nitrogens is 1. The second-order valence-electron chi connectivity index (χ2n) is 15.8. The monoisotopic (exact) mass is 751 g/mol. The molecule has 0 saturated carbocycles. The Hall–Kier alpha value is -7.48. The predicted octanol–water partition coefficient (Wildman–Crippen LogP) is 16.0. The van der Waals surface area contributed by atoms with E-state index in [0.29, 0.717) is 0 Å². The molecule has 0 radical (unpaired) electrons. The van der Waals surface area contributed by atoms with Gasteiger partial charge in [0.1, 0.15) is 0 Å². The summed E-state index contributed by atoms with van der Waals surface area (Å²) in [5, 5.41) is 7.65. The van der Waals surface area contributed by atoms with Crippen molar-refractivity contribution in [3.05, 3.63) is 223 Å². The van der Waals surface area contributed by atoms with Crippen LogP contribution in [0.4, 0.5) is 0 Å². The van der Waals surface area contributed by atoms with Crippen LogP contribution in [0.25, 0.3) is 105 Å². The molecule has 1 heteroatoms. The molecule has 1 aromatic heterocycles. The Morgan fingerprint density at radius 1 is 0.254 bits per heavy atom. The van der Waals surface area contributed by atoms with E-state index in [4.69, 9.17) is 0 Å². The van der Waals surface area contributed by atoms with E-state index < -0.39 is 0 Å². The standard InChI is InChI=1S/C58H41N/c1-38-35-53-54(36-39(38)2)58(51-19-10-9-18-50(51)57(53)45-29-25-41(26-30-45)40-13-5-3-6-14-40)46-31-27-43(28-32-46)42-21-23-44(24-22-42)47-33-34-56-52(37-47)49-17-11-12-20-55(49)59(56)48-15-7-4-8-16-48/h3-37H,1-2H3. The number of para-hydroxylation sites is 2. The molecule has 1 nitrogen and oxygen atoms in total. The molecule has 0 aliphatic heterocycles. The highest BCUT2D eigenvalue weighted by Crippen LogP contribution is 2.45. The maximum Gasteiger partial charge on any atom is 0.0541 e. The van der Waals surface area contributed by atoms with Crippen molar-refractivity contribution in [2.24, 2.45) is 0 Å². The van der Waals surface area contributed by atoms with Crippen LogP contribution in [0.2, 0.25) is 0 Å². The van der Waals surface area contributed by atoms with Crippen LogP contribution in [0.15, 0.2) is 212 Å². The minimum Gasteiger partial charge on any atom is -0.309 e. The van der Waals surface area contributed by atoms with Gasteiger partial charge < -0.3 is 4.57 Å². The fourth-order valence-electron chi connectivity index (χ4n) is 9.21. The van der Waals surface area contributed by atoms with Gasteiger partial charge in [-0.05, 0) is 132 Å². The molecule has 11 aromatic rings. The topological polar surface area (TPSA) is 4.93 Å². The van der Waals surface area contributed by atoms with Crippen molar-refractivity contribution in [2.45, 2.75) is 13.8 Å². The number of hydrogen-bond acceptors (Lipinski definition) is 0. The summed E-state index contributed by atoms with van der Waals surface area (Å²) in [5.41, 5.74) is 18.6. The Balaban J connectivity index is 0.960. The maximum absolute atomic E-state index is 2.40. The van der Waals surface area contributed by atoms with Crippen molar-refractivity contribution in [1.29, 1.82) is 0 Å². The molecule has 0 amide bonds. The van der Waals surface area contributed by atoms with Crippen LogP contribution in [-0.2, 0) is 0 Å². The van der Waals surface area contributed by atoms with Gasteiger partial charge in [-0.1, -0.05) is 182 Å². The minimum absolute atomic E-state index is 1.18. The molecule has 10 aromatic carbocycles. The third-order valence-corrected chi connectivity index (χ3v) is 12.3. The molecule has 59 heavy (non-hydrogen) atoms. The highest BCUT2D eigenvalue weighted by atomic mass is 15.0. The number of benzene rings is 10. The summed E-state index contributed by atoms with van der Waals surface area (Å²) >= 11 is 0. The van der Waals surface area contributed by atoms with Crippen molar-refractivity contribution in [3.63, 3.8) is 0 Å². The first-order valence-corrected chi connectivity index (χ1v) is 20.5. The molecule has 278 valence electrons. The molecule has 11 rings (SSSR count). The molecule has 0 atom stereocenters. The quantitative estimate of drug-likeness (QED) is 0.149. The van der Waals surface area contributed by atoms with Crippen LogP contribution in [-0.4, -0.2) is 4.57 Å². The van der Waals surface area contributed by atoms with Crippen molar-refractivity contribution >= 4 is 43.4 Å². The smallest absolute Gasteiger partial charge is 0.0541 e. The van der Waals surface area contributed by atoms with E-state index in [1.807, 2.05) is 0 Å². The second kappa shape index (κ2) is 14.2. The van der Waals surface area contributed by atoms with Crippen LogP contribution in [0, 0.1) is 13.8 Å². The zero-order chi connectivity index (χ0) is 39.5. The lowest BCUT2D eigenvalue weighted by Crippen LogP contribution is -1.93. The lowest BCUT2D eigenvalue weighted by Gasteiger charge is -2.19. The number of rotatable bonds is 6. The van der Waals surface area contributed by atoms with Gasteiger partial charge in [-0.15, -0.1) is 0 Å². The number of aryl methyl sites for hydroxylation is 2. The number of hydrogen-bond donors (Lipinski definition) is 0. The highest BCUT2D eigenvalue weighted by Gasteiger charge is 2.18. The zero-order valence-corrected chi connectivity index (χ0v) is 33.2. The van der Waals surface area contributed by atoms with Gasteiger partial charge in [-0.3, -0.25) is 0 Å². The average Bonchev–Trinajstić information content (AvgIpc) is 3.63. The summed E-state index contributed by atoms with van der Waals surface area (Å²) in [7, 11) is 0. The summed E-state index contributed by atoms with van der Waals surface area (Å²) < 4.78 is 2.37. The fraction of sp³-hybridized carbons (Fsp3) is 0.0345. The minimum atomic E-state index is 1.18. The molecule has 0 fully saturated rings. The Bertz CT molecular complexity index is 3340. The van der Waals surface area contributed by atoms with Crippen LogP contribution in [0.1, 0.15) is 11.1 Å². The van der Waals surface area contributed by atoms with Crippen molar-refractivity contribution in [3.8, 4) is 61.3 Å². The normalized spacial score (nSPS) is 11.6. The third-order valence-electron chi connectivity index (χ3n) is 12.3. The van der Waals surface area contributed by atoms with Crippen LogP contribution in [0.5, 0.6) is 0 Å². The Morgan fingerprint density at radius 3 is 1.15 bits per heavy atom. The summed E-state index contributed by atoms with van der Waals surface area (Å²) in [4.78, 5) is 0. The van der Waals surface area contributed by atoms with Crippen molar-refractivity contribution in [2.75, 3.05) is 0 Å². The molecule has 1 heterocycles. The van der Waals surface area contributed by atoms with E-state index in [0.717, 1.165) is 0 Å². The van der Waals surface area contributed by atoms with E-state index in [1.54, 1.807) is 0 Å². The summed E-state index contributed by atoms with van der Waals surface area (Å²) in [6, 6.07) is 78.0. The van der Waals surface area contributed by atoms with Crippen LogP contribution in [0.3, 0.4) is 0 Å². The van der Waals surface area contributed by atoms with Gasteiger partial charge in [-0.2, -0.15) is 0 Å². The average molecular weight is 752 g/mol. The van der Waals surface area contributed by atoms with Gasteiger partial charge in [0.05, 0.1) is 11.0 Å². The van der Waals surface area contributed by atoms with Gasteiger partial charge in [0.2, 0.25) is 0 Å². The summed E-state index contributed by atoms with van der Waals surface area (Å²) in [6.07, 6.45) is 0. The molecule has 0 unspecified atom stereocenters. The zero-order valence-electron chi connectivity index (χ0n) is 33.2. The van der Waals surface area contributed by atoms with E-state index in [2.05, 4.69) is 231 Å². The molecule has 0 saturated heterocycles. The Labute approximate surface area is 345 Å². The largest absolute Gasteiger partial charge is 0.309 e. The second-order valence-corrected chi connectivity index (χ2v) is 15.8. The summed E-state index contributed by atoms with van der Waals surface area (Å²) in [5.74, 6) is 0. The molecule has 0 bridgehead atoms. The first-order chi connectivity index (χ1) is 29.1. The number of fused-ring (bicyclic) bond motifs is 5. The van der Waals surface area contributed by atoms with Crippen LogP contribution >= 0.6 is 0 Å². The lowest BCUT2D eigenvalue weighted by molar-refractivity contribution is 1.18. The van der Waals surface area contributed by atoms with Gasteiger partial charge >= 0.3 is 0 Å². The summed E-state index contributed by atoms with van der Waals surface area (Å²) in [6.45, 7) is 4.46. The highest BCUT2D eigenvalue weighted by molar-refractivity contribution is 6.21. The first kappa shape index (κ1) is 34.7. The van der Waals surface area contributed by atoms with Crippen molar-refractivity contribution < 1.29 is 0 Å². The molecule has 0 aliphatic carbocycles. The van der Waals surface area contributed by atoms with Crippen molar-refractivity contribution in [1.82, 2.24) is 4.57 Å². The van der Waals surface area contributed by atoms with E-state index in [-0.39, 0.29) is 0 Å². The first-order valence-electron chi connectivity index (χ1n) is 20.5. The third kappa shape index (κ3) is 5.94. The van der Waals surface area contributed by atoms with E-state index in [1.165, 1.54) is 116 Å². The predicted molar refractivity (Wildman–Crippen MR) is 252 cm³/mol. The van der Waals surface area contributed by atoms with Crippen LogP contribution < -0.4 is 0 Å². The molecule has 0 N–H and O–H groups in total. The molecular weight excluding hydrogens is 711 g/mol.